The van der Waals surface area contributed by atoms with Crippen LogP contribution in [-0.2, 0) is 49.1 Å². The van der Waals surface area contributed by atoms with E-state index in [1.807, 2.05) is 67.1 Å². The number of benzene rings is 3. The summed E-state index contributed by atoms with van der Waals surface area (Å²) in [5.41, 5.74) is 8.85. The second kappa shape index (κ2) is 15.2. The molecule has 0 bridgehead atoms. The van der Waals surface area contributed by atoms with Crippen molar-refractivity contribution < 1.29 is 23.9 Å². The third-order valence-electron chi connectivity index (χ3n) is 10.9. The first-order valence-corrected chi connectivity index (χ1v) is 18.4. The van der Waals surface area contributed by atoms with Crippen LogP contribution in [0.15, 0.2) is 72.8 Å². The highest BCUT2D eigenvalue weighted by Crippen LogP contribution is 2.36. The fourth-order valence-electron chi connectivity index (χ4n) is 7.92. The molecule has 2 amide bonds. The summed E-state index contributed by atoms with van der Waals surface area (Å²) in [5.74, 6) is -0.411. The molecule has 0 spiro atoms. The number of amides is 2. The van der Waals surface area contributed by atoms with Gasteiger partial charge in [0.2, 0.25) is 0 Å². The third kappa shape index (κ3) is 7.31. The highest BCUT2D eigenvalue weighted by molar-refractivity contribution is 6.02. The molecule has 3 aliphatic rings. The molecule has 9 nitrogen and oxygen atoms in total. The number of esters is 1. The second-order valence-corrected chi connectivity index (χ2v) is 14.1. The normalized spacial score (nSPS) is 17.4. The van der Waals surface area contributed by atoms with Crippen LogP contribution in [0.3, 0.4) is 0 Å². The number of aromatic nitrogens is 1. The van der Waals surface area contributed by atoms with E-state index in [0.29, 0.717) is 37.2 Å². The van der Waals surface area contributed by atoms with Crippen LogP contribution in [0.25, 0.3) is 11.3 Å². The van der Waals surface area contributed by atoms with Crippen LogP contribution < -0.4 is 0 Å². The molecular weight excluding hydrogens is 640 g/mol. The van der Waals surface area contributed by atoms with E-state index in [0.717, 1.165) is 59.7 Å². The summed E-state index contributed by atoms with van der Waals surface area (Å²) in [4.78, 5) is 47.7. The fourth-order valence-corrected chi connectivity index (χ4v) is 7.92. The standard InChI is InChI=1S/C42H48N4O5/c1-4-50-41(48)36-24-39(43(3)29(36)2)37-22-32-17-20-45(42(49)51-28-30-13-7-5-8-14-30)25-34(32)23-38(37)40(47)46-26-33-16-10-9-15-31(33)21-35(46)27-44-18-11-6-12-19-44/h5,7-10,13-16,22-24,35H,4,6,11-12,17-21,25-28H2,1-3H3/t35-/m0/s1. The molecule has 4 heterocycles. The van der Waals surface area contributed by atoms with Crippen molar-refractivity contribution in [1.82, 2.24) is 19.3 Å². The molecule has 0 aliphatic carbocycles. The van der Waals surface area contributed by atoms with Crippen molar-refractivity contribution in [3.05, 3.63) is 117 Å². The lowest BCUT2D eigenvalue weighted by Crippen LogP contribution is -2.51. The van der Waals surface area contributed by atoms with E-state index in [1.54, 1.807) is 11.8 Å². The molecule has 0 saturated carbocycles. The number of hydrogen-bond acceptors (Lipinski definition) is 6. The van der Waals surface area contributed by atoms with Crippen molar-refractivity contribution in [3.8, 4) is 11.3 Å². The summed E-state index contributed by atoms with van der Waals surface area (Å²) in [6, 6.07) is 24.1. The number of fused-ring (bicyclic) bond motifs is 2. The predicted octanol–water partition coefficient (Wildman–Crippen LogP) is 6.93. The van der Waals surface area contributed by atoms with Crippen LogP contribution in [0.1, 0.15) is 80.4 Å². The lowest BCUT2D eigenvalue weighted by molar-refractivity contribution is 0.0524. The van der Waals surface area contributed by atoms with Gasteiger partial charge in [-0.3, -0.25) is 4.79 Å². The predicted molar refractivity (Wildman–Crippen MR) is 196 cm³/mol. The highest BCUT2D eigenvalue weighted by atomic mass is 16.6. The minimum Gasteiger partial charge on any atom is -0.462 e. The van der Waals surface area contributed by atoms with Gasteiger partial charge in [-0.1, -0.05) is 61.0 Å². The molecule has 0 N–H and O–H groups in total. The van der Waals surface area contributed by atoms with Crippen molar-refractivity contribution in [2.75, 3.05) is 32.8 Å². The molecular formula is C42H48N4O5. The summed E-state index contributed by atoms with van der Waals surface area (Å²) >= 11 is 0. The van der Waals surface area contributed by atoms with E-state index < -0.39 is 0 Å². The number of likely N-dealkylation sites (tertiary alicyclic amines) is 1. The molecule has 1 saturated heterocycles. The molecule has 4 aromatic rings. The van der Waals surface area contributed by atoms with Gasteiger partial charge in [-0.2, -0.15) is 0 Å². The minimum atomic E-state index is -0.374. The monoisotopic (exact) mass is 688 g/mol. The van der Waals surface area contributed by atoms with Crippen LogP contribution >= 0.6 is 0 Å². The SMILES string of the molecule is CCOC(=O)c1cc(-c2cc3c(cc2C(=O)N2Cc4ccccc4C[C@H]2CN2CCCCC2)CN(C(=O)OCc2ccccc2)CC3)n(C)c1C. The summed E-state index contributed by atoms with van der Waals surface area (Å²) in [5, 5.41) is 0. The number of rotatable bonds is 8. The number of carbonyl (C=O) groups excluding carboxylic acids is 3. The first-order chi connectivity index (χ1) is 24.8. The minimum absolute atomic E-state index is 0.0177. The number of ether oxygens (including phenoxy) is 2. The van der Waals surface area contributed by atoms with Gasteiger partial charge in [0, 0.05) is 61.8 Å². The van der Waals surface area contributed by atoms with Crippen LogP contribution in [0.2, 0.25) is 0 Å². The van der Waals surface area contributed by atoms with Gasteiger partial charge in [-0.05, 0) is 98.6 Å². The Kier molecular flexibility index (Phi) is 10.3. The molecule has 9 heteroatoms. The molecule has 3 aliphatic heterocycles. The van der Waals surface area contributed by atoms with Gasteiger partial charge in [-0.25, -0.2) is 9.59 Å². The lowest BCUT2D eigenvalue weighted by Gasteiger charge is -2.41. The molecule has 0 radical (unpaired) electrons. The van der Waals surface area contributed by atoms with Gasteiger partial charge in [0.15, 0.2) is 0 Å². The fraction of sp³-hybridized carbons (Fsp3) is 0.405. The van der Waals surface area contributed by atoms with Crippen molar-refractivity contribution in [1.29, 1.82) is 0 Å². The lowest BCUT2D eigenvalue weighted by atomic mass is 9.89. The zero-order chi connectivity index (χ0) is 35.5. The molecule has 266 valence electrons. The third-order valence-corrected chi connectivity index (χ3v) is 10.9. The van der Waals surface area contributed by atoms with E-state index in [2.05, 4.69) is 34.1 Å². The van der Waals surface area contributed by atoms with Crippen molar-refractivity contribution in [2.24, 2.45) is 7.05 Å². The molecule has 51 heavy (non-hydrogen) atoms. The average Bonchev–Trinajstić information content (AvgIpc) is 3.46. The molecule has 1 aromatic heterocycles. The second-order valence-electron chi connectivity index (χ2n) is 14.1. The van der Waals surface area contributed by atoms with Crippen molar-refractivity contribution in [2.45, 2.75) is 71.7 Å². The van der Waals surface area contributed by atoms with E-state index in [9.17, 15) is 9.59 Å². The van der Waals surface area contributed by atoms with E-state index in [1.165, 1.54) is 30.4 Å². The van der Waals surface area contributed by atoms with Gasteiger partial charge < -0.3 is 28.7 Å². The quantitative estimate of drug-likeness (QED) is 0.187. The maximum atomic E-state index is 15.2. The Labute approximate surface area is 300 Å². The zero-order valence-corrected chi connectivity index (χ0v) is 30.0. The maximum Gasteiger partial charge on any atom is 0.410 e. The first-order valence-electron chi connectivity index (χ1n) is 18.4. The molecule has 7 rings (SSSR count). The van der Waals surface area contributed by atoms with Crippen LogP contribution in [0, 0.1) is 6.92 Å². The number of hydrogen-bond donors (Lipinski definition) is 0. The average molecular weight is 689 g/mol. The zero-order valence-electron chi connectivity index (χ0n) is 30.0. The first kappa shape index (κ1) is 34.6. The summed E-state index contributed by atoms with van der Waals surface area (Å²) in [7, 11) is 1.93. The van der Waals surface area contributed by atoms with Gasteiger partial charge in [-0.15, -0.1) is 0 Å². The molecule has 1 atom stereocenters. The number of piperidine rings is 1. The largest absolute Gasteiger partial charge is 0.462 e. The van der Waals surface area contributed by atoms with Gasteiger partial charge >= 0.3 is 12.1 Å². The Balaban J connectivity index is 1.26. The molecule has 3 aromatic carbocycles. The Bertz CT molecular complexity index is 1910. The Morgan fingerprint density at radius 1 is 0.784 bits per heavy atom. The van der Waals surface area contributed by atoms with Crippen LogP contribution in [-0.4, -0.2) is 76.1 Å². The summed E-state index contributed by atoms with van der Waals surface area (Å²) in [6.07, 6.45) is 4.69. The number of carbonyl (C=O) groups is 3. The van der Waals surface area contributed by atoms with E-state index in [4.69, 9.17) is 9.47 Å². The molecule has 1 fully saturated rings. The van der Waals surface area contributed by atoms with Gasteiger partial charge in [0.25, 0.3) is 5.91 Å². The summed E-state index contributed by atoms with van der Waals surface area (Å²) in [6.45, 7) is 8.53. The van der Waals surface area contributed by atoms with Crippen LogP contribution in [0.4, 0.5) is 4.79 Å². The Hall–Kier alpha value is -4.89. The van der Waals surface area contributed by atoms with E-state index in [-0.39, 0.29) is 37.2 Å². The van der Waals surface area contributed by atoms with Crippen molar-refractivity contribution >= 4 is 18.0 Å². The van der Waals surface area contributed by atoms with Gasteiger partial charge in [0.1, 0.15) is 6.61 Å². The summed E-state index contributed by atoms with van der Waals surface area (Å²) < 4.78 is 13.1. The highest BCUT2D eigenvalue weighted by Gasteiger charge is 2.35. The smallest absolute Gasteiger partial charge is 0.410 e. The number of nitrogens with zero attached hydrogens (tertiary/aromatic N) is 4. The topological polar surface area (TPSA) is 84.3 Å². The van der Waals surface area contributed by atoms with E-state index >= 15 is 4.79 Å². The van der Waals surface area contributed by atoms with Crippen LogP contribution in [0.5, 0.6) is 0 Å². The van der Waals surface area contributed by atoms with Crippen molar-refractivity contribution in [3.63, 3.8) is 0 Å². The molecule has 0 unspecified atom stereocenters. The Morgan fingerprint density at radius 2 is 1.53 bits per heavy atom. The Morgan fingerprint density at radius 3 is 2.29 bits per heavy atom. The van der Waals surface area contributed by atoms with Gasteiger partial charge in [0.05, 0.1) is 12.2 Å². The maximum absolute atomic E-state index is 15.2.